The first-order chi connectivity index (χ1) is 14.0. The van der Waals surface area contributed by atoms with E-state index in [1.54, 1.807) is 24.3 Å². The van der Waals surface area contributed by atoms with E-state index in [4.69, 9.17) is 21.7 Å². The maximum absolute atomic E-state index is 12.1. The molecule has 0 spiro atoms. The van der Waals surface area contributed by atoms with Crippen molar-refractivity contribution in [1.82, 2.24) is 5.32 Å². The molecule has 8 nitrogen and oxygen atoms in total. The summed E-state index contributed by atoms with van der Waals surface area (Å²) in [7, 11) is 0. The molecule has 2 rings (SSSR count). The molecule has 0 saturated carbocycles. The molecule has 0 aromatic heterocycles. The highest BCUT2D eigenvalue weighted by molar-refractivity contribution is 7.80. The van der Waals surface area contributed by atoms with Crippen LogP contribution in [0.4, 0.5) is 11.4 Å². The van der Waals surface area contributed by atoms with Gasteiger partial charge in [0.2, 0.25) is 5.91 Å². The smallest absolute Gasteiger partial charge is 0.270 e. The molecule has 2 aromatic carbocycles. The number of benzene rings is 2. The van der Waals surface area contributed by atoms with Crippen LogP contribution < -0.4 is 15.4 Å². The fraction of sp³-hybridized carbons (Fsp3) is 0.200. The zero-order valence-electron chi connectivity index (χ0n) is 15.8. The van der Waals surface area contributed by atoms with E-state index in [1.165, 1.54) is 24.3 Å². The number of hydrogen-bond acceptors (Lipinski definition) is 6. The number of para-hydroxylation sites is 2. The molecule has 152 valence electrons. The summed E-state index contributed by atoms with van der Waals surface area (Å²) < 4.78 is 10.9. The molecule has 0 saturated heterocycles. The second-order valence-corrected chi connectivity index (χ2v) is 6.08. The molecule has 0 unspecified atom stereocenters. The number of anilines is 1. The average molecular weight is 415 g/mol. The van der Waals surface area contributed by atoms with E-state index in [0.29, 0.717) is 36.8 Å². The second-order valence-electron chi connectivity index (χ2n) is 5.67. The summed E-state index contributed by atoms with van der Waals surface area (Å²) >= 11 is 5.17. The molecule has 0 bridgehead atoms. The molecular weight excluding hydrogens is 394 g/mol. The highest BCUT2D eigenvalue weighted by Crippen LogP contribution is 2.23. The molecule has 0 fully saturated rings. The van der Waals surface area contributed by atoms with Crippen molar-refractivity contribution in [3.05, 3.63) is 70.3 Å². The molecule has 29 heavy (non-hydrogen) atoms. The van der Waals surface area contributed by atoms with Crippen molar-refractivity contribution in [3.8, 4) is 5.75 Å². The van der Waals surface area contributed by atoms with Crippen LogP contribution in [0.2, 0.25) is 0 Å². The lowest BCUT2D eigenvalue weighted by molar-refractivity contribution is -0.384. The van der Waals surface area contributed by atoms with Crippen LogP contribution in [0.3, 0.4) is 0 Å². The fourth-order valence-electron chi connectivity index (χ4n) is 2.27. The van der Waals surface area contributed by atoms with Gasteiger partial charge >= 0.3 is 0 Å². The van der Waals surface area contributed by atoms with Crippen molar-refractivity contribution in [2.45, 2.75) is 6.92 Å². The van der Waals surface area contributed by atoms with Crippen LogP contribution >= 0.6 is 12.2 Å². The number of nitro groups is 1. The number of nitrogens with one attached hydrogen (secondary N) is 2. The third kappa shape index (κ3) is 7.68. The number of rotatable bonds is 9. The molecule has 0 aliphatic rings. The zero-order valence-corrected chi connectivity index (χ0v) is 16.6. The van der Waals surface area contributed by atoms with Crippen molar-refractivity contribution in [1.29, 1.82) is 0 Å². The van der Waals surface area contributed by atoms with Gasteiger partial charge in [-0.1, -0.05) is 24.3 Å². The Balaban J connectivity index is 1.91. The molecule has 0 aliphatic carbocycles. The molecular formula is C20H21N3O5S. The van der Waals surface area contributed by atoms with Crippen LogP contribution in [-0.2, 0) is 9.53 Å². The Hall–Kier alpha value is -3.30. The third-order valence-corrected chi connectivity index (χ3v) is 3.77. The molecule has 1 amide bonds. The fourth-order valence-corrected chi connectivity index (χ4v) is 2.48. The number of hydrogen-bond donors (Lipinski definition) is 2. The average Bonchev–Trinajstić information content (AvgIpc) is 2.71. The van der Waals surface area contributed by atoms with Gasteiger partial charge in [0.25, 0.3) is 5.69 Å². The maximum atomic E-state index is 12.1. The van der Waals surface area contributed by atoms with E-state index in [2.05, 4.69) is 10.6 Å². The Morgan fingerprint density at radius 2 is 2.00 bits per heavy atom. The number of thiocarbonyl (C=S) groups is 1. The van der Waals surface area contributed by atoms with Crippen molar-refractivity contribution in [2.24, 2.45) is 0 Å². The van der Waals surface area contributed by atoms with Gasteiger partial charge in [-0.15, -0.1) is 0 Å². The van der Waals surface area contributed by atoms with E-state index in [9.17, 15) is 14.9 Å². The summed E-state index contributed by atoms with van der Waals surface area (Å²) in [6, 6.07) is 13.1. The van der Waals surface area contributed by atoms with Crippen molar-refractivity contribution >= 4 is 40.7 Å². The molecule has 2 aromatic rings. The quantitative estimate of drug-likeness (QED) is 0.212. The highest BCUT2D eigenvalue weighted by Gasteiger charge is 2.07. The summed E-state index contributed by atoms with van der Waals surface area (Å²) in [5, 5.41) is 16.3. The summed E-state index contributed by atoms with van der Waals surface area (Å²) in [4.78, 5) is 22.4. The maximum Gasteiger partial charge on any atom is 0.270 e. The minimum atomic E-state index is -0.496. The molecule has 0 atom stereocenters. The van der Waals surface area contributed by atoms with Gasteiger partial charge in [0.1, 0.15) is 12.4 Å². The summed E-state index contributed by atoms with van der Waals surface area (Å²) in [6.07, 6.45) is 2.72. The molecule has 9 heteroatoms. The van der Waals surface area contributed by atoms with Gasteiger partial charge < -0.3 is 14.8 Å². The van der Waals surface area contributed by atoms with E-state index in [0.717, 1.165) is 0 Å². The van der Waals surface area contributed by atoms with Gasteiger partial charge in [-0.05, 0) is 42.9 Å². The van der Waals surface area contributed by atoms with Gasteiger partial charge in [0.05, 0.1) is 17.2 Å². The van der Waals surface area contributed by atoms with Crippen LogP contribution in [0.15, 0.2) is 54.6 Å². The number of amides is 1. The standard InChI is InChI=1S/C20H21N3O5S/c1-2-27-12-13-28-18-9-4-3-8-17(18)21-20(29)22-19(24)11-10-15-6-5-7-16(14-15)23(25)26/h3-11,14H,2,12-13H2,1H3,(H2,21,22,24,29)/b11-10+. The van der Waals surface area contributed by atoms with Gasteiger partial charge in [0.15, 0.2) is 5.11 Å². The Kier molecular flexibility index (Phi) is 8.74. The van der Waals surface area contributed by atoms with Crippen molar-refractivity contribution < 1.29 is 19.2 Å². The minimum Gasteiger partial charge on any atom is -0.489 e. The zero-order chi connectivity index (χ0) is 21.1. The normalized spacial score (nSPS) is 10.5. The molecule has 0 heterocycles. The van der Waals surface area contributed by atoms with Gasteiger partial charge in [-0.2, -0.15) is 0 Å². The Labute approximate surface area is 173 Å². The first kappa shape index (κ1) is 22.0. The Morgan fingerprint density at radius 3 is 2.76 bits per heavy atom. The van der Waals surface area contributed by atoms with Crippen molar-refractivity contribution in [2.75, 3.05) is 25.1 Å². The lowest BCUT2D eigenvalue weighted by Crippen LogP contribution is -2.33. The number of nitro benzene ring substituents is 1. The number of carbonyl (C=O) groups excluding carboxylic acids is 1. The van der Waals surface area contributed by atoms with Crippen LogP contribution in [0, 0.1) is 10.1 Å². The lowest BCUT2D eigenvalue weighted by Gasteiger charge is -2.13. The summed E-state index contributed by atoms with van der Waals surface area (Å²) in [5.74, 6) is 0.111. The number of nitrogens with zero attached hydrogens (tertiary/aromatic N) is 1. The minimum absolute atomic E-state index is 0.0503. The van der Waals surface area contributed by atoms with E-state index in [-0.39, 0.29) is 10.8 Å². The SMILES string of the molecule is CCOCCOc1ccccc1NC(=S)NC(=O)/C=C/c1cccc([N+](=O)[O-])c1. The molecule has 2 N–H and O–H groups in total. The highest BCUT2D eigenvalue weighted by atomic mass is 32.1. The number of ether oxygens (including phenoxy) is 2. The predicted molar refractivity (Wildman–Crippen MR) is 115 cm³/mol. The van der Waals surface area contributed by atoms with Crippen molar-refractivity contribution in [3.63, 3.8) is 0 Å². The summed E-state index contributed by atoms with van der Waals surface area (Å²) in [5.41, 5.74) is 1.09. The Morgan fingerprint density at radius 1 is 1.21 bits per heavy atom. The van der Waals surface area contributed by atoms with Crippen LogP contribution in [0.5, 0.6) is 5.75 Å². The van der Waals surface area contributed by atoms with E-state index < -0.39 is 10.8 Å². The van der Waals surface area contributed by atoms with Gasteiger partial charge in [-0.25, -0.2) is 0 Å². The Bertz CT molecular complexity index is 901. The third-order valence-electron chi connectivity index (χ3n) is 3.57. The monoisotopic (exact) mass is 415 g/mol. The molecule has 0 radical (unpaired) electrons. The van der Waals surface area contributed by atoms with E-state index in [1.807, 2.05) is 19.1 Å². The topological polar surface area (TPSA) is 103 Å². The van der Waals surface area contributed by atoms with Gasteiger partial charge in [-0.3, -0.25) is 20.2 Å². The van der Waals surface area contributed by atoms with E-state index >= 15 is 0 Å². The predicted octanol–water partition coefficient (Wildman–Crippen LogP) is 3.54. The first-order valence-corrected chi connectivity index (χ1v) is 9.24. The lowest BCUT2D eigenvalue weighted by atomic mass is 10.2. The first-order valence-electron chi connectivity index (χ1n) is 8.83. The van der Waals surface area contributed by atoms with Crippen LogP contribution in [0.25, 0.3) is 6.08 Å². The number of carbonyl (C=O) groups is 1. The molecule has 0 aliphatic heterocycles. The second kappa shape index (κ2) is 11.5. The largest absolute Gasteiger partial charge is 0.489 e. The summed E-state index contributed by atoms with van der Waals surface area (Å²) in [6.45, 7) is 3.37. The van der Waals surface area contributed by atoms with Crippen LogP contribution in [-0.4, -0.2) is 35.8 Å². The van der Waals surface area contributed by atoms with Gasteiger partial charge in [0, 0.05) is 24.8 Å². The number of non-ortho nitro benzene ring substituents is 1. The van der Waals surface area contributed by atoms with Crippen LogP contribution in [0.1, 0.15) is 12.5 Å².